The third-order valence-electron chi connectivity index (χ3n) is 3.55. The lowest BCUT2D eigenvalue weighted by molar-refractivity contribution is 0.390. The monoisotopic (exact) mass is 287 g/mol. The van der Waals surface area contributed by atoms with Crippen molar-refractivity contribution in [3.63, 3.8) is 0 Å². The largest absolute Gasteiger partial charge is 0.497 e. The van der Waals surface area contributed by atoms with Crippen LogP contribution in [0.3, 0.4) is 0 Å². The molecule has 0 spiro atoms. The van der Waals surface area contributed by atoms with Crippen LogP contribution in [0.25, 0.3) is 0 Å². The Hall–Kier alpha value is -2.20. The summed E-state index contributed by atoms with van der Waals surface area (Å²) in [6, 6.07) is 11.3. The zero-order chi connectivity index (χ0) is 15.4. The van der Waals surface area contributed by atoms with E-state index < -0.39 is 0 Å². The molecule has 0 heterocycles. The van der Waals surface area contributed by atoms with E-state index in [1.165, 1.54) is 0 Å². The number of rotatable bonds is 5. The van der Waals surface area contributed by atoms with E-state index >= 15 is 0 Å². The summed E-state index contributed by atoms with van der Waals surface area (Å²) in [6.45, 7) is 2.00. The van der Waals surface area contributed by atoms with Crippen molar-refractivity contribution in [3.8, 4) is 17.2 Å². The zero-order valence-corrected chi connectivity index (χ0v) is 12.8. The molecule has 0 amide bonds. The van der Waals surface area contributed by atoms with Gasteiger partial charge < -0.3 is 19.9 Å². The maximum Gasteiger partial charge on any atom is 0.127 e. The van der Waals surface area contributed by atoms with Gasteiger partial charge in [0.25, 0.3) is 0 Å². The summed E-state index contributed by atoms with van der Waals surface area (Å²) >= 11 is 0. The van der Waals surface area contributed by atoms with Crippen LogP contribution in [0.15, 0.2) is 36.4 Å². The molecule has 0 saturated carbocycles. The Bertz CT molecular complexity index is 625. The topological polar surface area (TPSA) is 53.7 Å². The second-order valence-corrected chi connectivity index (χ2v) is 4.81. The van der Waals surface area contributed by atoms with E-state index in [0.717, 1.165) is 33.9 Å². The number of nitrogens with two attached hydrogens (primary N) is 1. The fourth-order valence-corrected chi connectivity index (χ4v) is 2.35. The molecule has 4 heteroatoms. The van der Waals surface area contributed by atoms with Gasteiger partial charge in [-0.05, 0) is 36.2 Å². The van der Waals surface area contributed by atoms with Crippen LogP contribution >= 0.6 is 0 Å². The molecule has 1 unspecified atom stereocenters. The Morgan fingerprint density at radius 1 is 0.857 bits per heavy atom. The van der Waals surface area contributed by atoms with Gasteiger partial charge in [0, 0.05) is 11.6 Å². The molecule has 0 radical (unpaired) electrons. The minimum atomic E-state index is -0.268. The lowest BCUT2D eigenvalue weighted by Gasteiger charge is -2.18. The van der Waals surface area contributed by atoms with Crippen LogP contribution in [0, 0.1) is 6.92 Å². The summed E-state index contributed by atoms with van der Waals surface area (Å²) in [4.78, 5) is 0. The maximum atomic E-state index is 6.38. The Kier molecular flexibility index (Phi) is 4.70. The van der Waals surface area contributed by atoms with Gasteiger partial charge in [-0.2, -0.15) is 0 Å². The second kappa shape index (κ2) is 6.50. The molecule has 0 fully saturated rings. The smallest absolute Gasteiger partial charge is 0.127 e. The highest BCUT2D eigenvalue weighted by Crippen LogP contribution is 2.33. The summed E-state index contributed by atoms with van der Waals surface area (Å²) in [5, 5.41) is 0. The van der Waals surface area contributed by atoms with Gasteiger partial charge in [-0.1, -0.05) is 12.1 Å². The standard InChI is InChI=1S/C17H21NO3/c1-11-9-12(5-8-15(11)20-3)17(18)14-7-6-13(19-2)10-16(14)21-4/h5-10,17H,18H2,1-4H3. The quantitative estimate of drug-likeness (QED) is 0.918. The van der Waals surface area contributed by atoms with Crippen molar-refractivity contribution >= 4 is 0 Å². The Balaban J connectivity index is 2.39. The van der Waals surface area contributed by atoms with E-state index in [9.17, 15) is 0 Å². The molecule has 4 nitrogen and oxygen atoms in total. The fraction of sp³-hybridized carbons (Fsp3) is 0.294. The molecule has 1 atom stereocenters. The van der Waals surface area contributed by atoms with E-state index in [1.54, 1.807) is 21.3 Å². The molecular weight excluding hydrogens is 266 g/mol. The number of hydrogen-bond acceptors (Lipinski definition) is 4. The molecule has 21 heavy (non-hydrogen) atoms. The predicted octanol–water partition coefficient (Wildman–Crippen LogP) is 3.07. The highest BCUT2D eigenvalue weighted by atomic mass is 16.5. The first kappa shape index (κ1) is 15.2. The minimum Gasteiger partial charge on any atom is -0.497 e. The van der Waals surface area contributed by atoms with Crippen molar-refractivity contribution in [1.29, 1.82) is 0 Å². The zero-order valence-electron chi connectivity index (χ0n) is 12.8. The maximum absolute atomic E-state index is 6.38. The molecule has 112 valence electrons. The van der Waals surface area contributed by atoms with Crippen LogP contribution in [-0.4, -0.2) is 21.3 Å². The summed E-state index contributed by atoms with van der Waals surface area (Å²) < 4.78 is 15.9. The summed E-state index contributed by atoms with van der Waals surface area (Å²) in [7, 11) is 4.92. The van der Waals surface area contributed by atoms with E-state index in [4.69, 9.17) is 19.9 Å². The van der Waals surface area contributed by atoms with Crippen molar-refractivity contribution in [2.75, 3.05) is 21.3 Å². The lowest BCUT2D eigenvalue weighted by Crippen LogP contribution is -2.13. The number of benzene rings is 2. The Morgan fingerprint density at radius 2 is 1.57 bits per heavy atom. The van der Waals surface area contributed by atoms with Crippen molar-refractivity contribution in [3.05, 3.63) is 53.1 Å². The lowest BCUT2D eigenvalue weighted by atomic mass is 9.97. The third-order valence-corrected chi connectivity index (χ3v) is 3.55. The van der Waals surface area contributed by atoms with Crippen LogP contribution < -0.4 is 19.9 Å². The summed E-state index contributed by atoms with van der Waals surface area (Å²) in [5.41, 5.74) is 9.37. The van der Waals surface area contributed by atoms with Crippen molar-refractivity contribution in [1.82, 2.24) is 0 Å². The van der Waals surface area contributed by atoms with Crippen LogP contribution in [0.4, 0.5) is 0 Å². The minimum absolute atomic E-state index is 0.268. The first-order valence-electron chi connectivity index (χ1n) is 6.72. The molecule has 0 aliphatic heterocycles. The molecule has 2 N–H and O–H groups in total. The normalized spacial score (nSPS) is 11.9. The SMILES string of the molecule is COc1ccc(C(N)c2ccc(OC)c(C)c2)c(OC)c1. The molecule has 2 rings (SSSR count). The van der Waals surface area contributed by atoms with Crippen LogP contribution in [0.1, 0.15) is 22.7 Å². The average Bonchev–Trinajstić information content (AvgIpc) is 2.53. The number of ether oxygens (including phenoxy) is 3. The van der Waals surface area contributed by atoms with Gasteiger partial charge in [0.15, 0.2) is 0 Å². The second-order valence-electron chi connectivity index (χ2n) is 4.81. The van der Waals surface area contributed by atoms with Crippen LogP contribution in [0.2, 0.25) is 0 Å². The Morgan fingerprint density at radius 3 is 2.14 bits per heavy atom. The average molecular weight is 287 g/mol. The molecule has 0 aromatic heterocycles. The molecule has 0 aliphatic carbocycles. The molecular formula is C17H21NO3. The van der Waals surface area contributed by atoms with Crippen molar-refractivity contribution in [2.24, 2.45) is 5.73 Å². The highest BCUT2D eigenvalue weighted by Gasteiger charge is 2.16. The van der Waals surface area contributed by atoms with E-state index in [0.29, 0.717) is 0 Å². The van der Waals surface area contributed by atoms with E-state index in [1.807, 2.05) is 43.3 Å². The number of aryl methyl sites for hydroxylation is 1. The first-order valence-corrected chi connectivity index (χ1v) is 6.72. The summed E-state index contributed by atoms with van der Waals surface area (Å²) in [5.74, 6) is 2.32. The van der Waals surface area contributed by atoms with Crippen LogP contribution in [0.5, 0.6) is 17.2 Å². The van der Waals surface area contributed by atoms with Gasteiger partial charge in [0.1, 0.15) is 17.2 Å². The molecule has 0 saturated heterocycles. The first-order chi connectivity index (χ1) is 10.1. The van der Waals surface area contributed by atoms with Gasteiger partial charge in [0.2, 0.25) is 0 Å². The molecule has 2 aromatic rings. The fourth-order valence-electron chi connectivity index (χ4n) is 2.35. The third kappa shape index (κ3) is 3.11. The highest BCUT2D eigenvalue weighted by molar-refractivity contribution is 5.47. The van der Waals surface area contributed by atoms with E-state index in [-0.39, 0.29) is 6.04 Å². The van der Waals surface area contributed by atoms with Gasteiger partial charge in [0.05, 0.1) is 27.4 Å². The molecule has 0 aliphatic rings. The predicted molar refractivity (Wildman–Crippen MR) is 83.3 cm³/mol. The van der Waals surface area contributed by atoms with Gasteiger partial charge in [-0.25, -0.2) is 0 Å². The summed E-state index contributed by atoms with van der Waals surface area (Å²) in [6.07, 6.45) is 0. The number of methoxy groups -OCH3 is 3. The molecule has 0 bridgehead atoms. The van der Waals surface area contributed by atoms with E-state index in [2.05, 4.69) is 0 Å². The van der Waals surface area contributed by atoms with Gasteiger partial charge in [-0.15, -0.1) is 0 Å². The Labute approximate surface area is 125 Å². The number of hydrogen-bond donors (Lipinski definition) is 1. The van der Waals surface area contributed by atoms with Crippen molar-refractivity contribution in [2.45, 2.75) is 13.0 Å². The molecule has 2 aromatic carbocycles. The van der Waals surface area contributed by atoms with Crippen molar-refractivity contribution < 1.29 is 14.2 Å². The van der Waals surface area contributed by atoms with Gasteiger partial charge >= 0.3 is 0 Å². The van der Waals surface area contributed by atoms with Gasteiger partial charge in [-0.3, -0.25) is 0 Å². The van der Waals surface area contributed by atoms with Crippen LogP contribution in [-0.2, 0) is 0 Å².